The van der Waals surface area contributed by atoms with Crippen LogP contribution < -0.4 is 10.6 Å². The van der Waals surface area contributed by atoms with Gasteiger partial charge in [0.15, 0.2) is 0 Å². The van der Waals surface area contributed by atoms with Gasteiger partial charge in [-0.3, -0.25) is 9.59 Å². The highest BCUT2D eigenvalue weighted by Gasteiger charge is 2.19. The van der Waals surface area contributed by atoms with Gasteiger partial charge in [-0.1, -0.05) is 0 Å². The molecule has 122 valence electrons. The van der Waals surface area contributed by atoms with E-state index in [2.05, 4.69) is 10.6 Å². The number of carbonyl (C=O) groups excluding carboxylic acids is 2. The van der Waals surface area contributed by atoms with Crippen LogP contribution in [0.15, 0.2) is 34.6 Å². The van der Waals surface area contributed by atoms with Crippen molar-refractivity contribution in [1.82, 2.24) is 15.5 Å². The maximum atomic E-state index is 11.9. The standard InChI is InChI=1S/C16H20N4O3/c17-10-13(11-18-12-14-4-2-9-23-14)16(22)19-6-3-8-20-7-1-5-15(20)21/h2,4,9,11,18H,1,3,5-8,12H2,(H,19,22)/b13-11-. The second-order valence-corrected chi connectivity index (χ2v) is 5.22. The summed E-state index contributed by atoms with van der Waals surface area (Å²) in [5.74, 6) is 0.470. The molecule has 23 heavy (non-hydrogen) atoms. The highest BCUT2D eigenvalue weighted by Crippen LogP contribution is 2.09. The minimum absolute atomic E-state index is 0.00815. The quantitative estimate of drug-likeness (QED) is 0.422. The van der Waals surface area contributed by atoms with Gasteiger partial charge in [0, 0.05) is 32.3 Å². The van der Waals surface area contributed by atoms with E-state index < -0.39 is 5.91 Å². The first-order valence-electron chi connectivity index (χ1n) is 7.62. The molecule has 0 unspecified atom stereocenters. The van der Waals surface area contributed by atoms with Crippen molar-refractivity contribution in [1.29, 1.82) is 5.26 Å². The minimum atomic E-state index is -0.424. The summed E-state index contributed by atoms with van der Waals surface area (Å²) in [4.78, 5) is 25.1. The third-order valence-electron chi connectivity index (χ3n) is 3.53. The number of hydrogen-bond donors (Lipinski definition) is 2. The first-order chi connectivity index (χ1) is 11.2. The largest absolute Gasteiger partial charge is 0.467 e. The summed E-state index contributed by atoms with van der Waals surface area (Å²) in [6.45, 7) is 2.27. The van der Waals surface area contributed by atoms with Crippen LogP contribution in [-0.4, -0.2) is 36.3 Å². The molecule has 1 aromatic heterocycles. The van der Waals surface area contributed by atoms with E-state index in [-0.39, 0.29) is 11.5 Å². The van der Waals surface area contributed by atoms with Crippen molar-refractivity contribution in [2.75, 3.05) is 19.6 Å². The van der Waals surface area contributed by atoms with Gasteiger partial charge in [0.25, 0.3) is 5.91 Å². The van der Waals surface area contributed by atoms with Crippen LogP contribution >= 0.6 is 0 Å². The van der Waals surface area contributed by atoms with Gasteiger partial charge >= 0.3 is 0 Å². The summed E-state index contributed by atoms with van der Waals surface area (Å²) in [7, 11) is 0. The Labute approximate surface area is 134 Å². The first kappa shape index (κ1) is 16.6. The number of carbonyl (C=O) groups is 2. The van der Waals surface area contributed by atoms with Gasteiger partial charge in [0.05, 0.1) is 12.8 Å². The summed E-state index contributed by atoms with van der Waals surface area (Å²) in [6.07, 6.45) is 5.14. The Bertz CT molecular complexity index is 601. The predicted molar refractivity (Wildman–Crippen MR) is 82.7 cm³/mol. The van der Waals surface area contributed by atoms with Crippen LogP contribution in [0.2, 0.25) is 0 Å². The Kier molecular flexibility index (Phi) is 6.24. The summed E-state index contributed by atoms with van der Waals surface area (Å²) < 4.78 is 5.14. The highest BCUT2D eigenvalue weighted by atomic mass is 16.3. The fourth-order valence-corrected chi connectivity index (χ4v) is 2.32. The Morgan fingerprint density at radius 2 is 2.39 bits per heavy atom. The SMILES string of the molecule is N#C/C(=C/NCc1ccco1)C(=O)NCCCN1CCCC1=O. The minimum Gasteiger partial charge on any atom is -0.467 e. The topological polar surface area (TPSA) is 98.4 Å². The number of hydrogen-bond acceptors (Lipinski definition) is 5. The number of amides is 2. The fraction of sp³-hybridized carbons (Fsp3) is 0.438. The van der Waals surface area contributed by atoms with Gasteiger partial charge in [-0.25, -0.2) is 0 Å². The van der Waals surface area contributed by atoms with Gasteiger partial charge in [-0.15, -0.1) is 0 Å². The van der Waals surface area contributed by atoms with E-state index in [1.54, 1.807) is 23.3 Å². The third kappa shape index (κ3) is 5.18. The van der Waals surface area contributed by atoms with Gasteiger partial charge in [-0.05, 0) is 25.0 Å². The molecular formula is C16H20N4O3. The zero-order valence-corrected chi connectivity index (χ0v) is 12.9. The zero-order valence-electron chi connectivity index (χ0n) is 12.9. The van der Waals surface area contributed by atoms with Crippen LogP contribution in [0.1, 0.15) is 25.0 Å². The molecule has 1 aliphatic rings. The zero-order chi connectivity index (χ0) is 16.5. The smallest absolute Gasteiger partial charge is 0.263 e. The molecule has 0 saturated carbocycles. The van der Waals surface area contributed by atoms with E-state index in [4.69, 9.17) is 9.68 Å². The van der Waals surface area contributed by atoms with E-state index in [9.17, 15) is 9.59 Å². The van der Waals surface area contributed by atoms with E-state index >= 15 is 0 Å². The van der Waals surface area contributed by atoms with Crippen LogP contribution in [0.25, 0.3) is 0 Å². The van der Waals surface area contributed by atoms with Crippen LogP contribution in [0.5, 0.6) is 0 Å². The maximum Gasteiger partial charge on any atom is 0.263 e. The van der Waals surface area contributed by atoms with Crippen molar-refractivity contribution >= 4 is 11.8 Å². The molecule has 1 aromatic rings. The molecule has 7 nitrogen and oxygen atoms in total. The Morgan fingerprint density at radius 3 is 3.04 bits per heavy atom. The van der Waals surface area contributed by atoms with Gasteiger partial charge in [-0.2, -0.15) is 5.26 Å². The molecule has 0 atom stereocenters. The van der Waals surface area contributed by atoms with Crippen molar-refractivity contribution in [3.05, 3.63) is 35.9 Å². The molecule has 2 amide bonds. The Balaban J connectivity index is 1.67. The molecule has 0 aromatic carbocycles. The molecule has 0 radical (unpaired) electrons. The highest BCUT2D eigenvalue weighted by molar-refractivity contribution is 5.97. The van der Waals surface area contributed by atoms with Gasteiger partial charge in [0.1, 0.15) is 17.4 Å². The summed E-state index contributed by atoms with van der Waals surface area (Å²) in [6, 6.07) is 5.43. The molecule has 1 aliphatic heterocycles. The lowest BCUT2D eigenvalue weighted by Gasteiger charge is -2.15. The molecule has 2 rings (SSSR count). The maximum absolute atomic E-state index is 11.9. The third-order valence-corrected chi connectivity index (χ3v) is 3.53. The summed E-state index contributed by atoms with van der Waals surface area (Å²) in [5, 5.41) is 14.6. The van der Waals surface area contributed by atoms with E-state index in [0.717, 1.165) is 13.0 Å². The lowest BCUT2D eigenvalue weighted by atomic mass is 10.3. The second kappa shape index (κ2) is 8.63. The number of nitrogens with one attached hydrogen (secondary N) is 2. The molecule has 0 bridgehead atoms. The molecule has 1 fully saturated rings. The van der Waals surface area contributed by atoms with Crippen molar-refractivity contribution in [3.8, 4) is 6.07 Å². The number of nitrogens with zero attached hydrogens (tertiary/aromatic N) is 2. The number of furan rings is 1. The lowest BCUT2D eigenvalue weighted by Crippen LogP contribution is -2.31. The van der Waals surface area contributed by atoms with Gasteiger partial charge < -0.3 is 20.0 Å². The lowest BCUT2D eigenvalue weighted by molar-refractivity contribution is -0.127. The molecule has 1 saturated heterocycles. The average Bonchev–Trinajstić information content (AvgIpc) is 3.20. The molecule has 2 N–H and O–H groups in total. The van der Waals surface area contributed by atoms with Crippen molar-refractivity contribution in [2.24, 2.45) is 0 Å². The normalized spacial score (nSPS) is 14.7. The summed E-state index contributed by atoms with van der Waals surface area (Å²) >= 11 is 0. The number of likely N-dealkylation sites (tertiary alicyclic amines) is 1. The van der Waals surface area contributed by atoms with Crippen LogP contribution in [-0.2, 0) is 16.1 Å². The average molecular weight is 316 g/mol. The van der Waals surface area contributed by atoms with E-state index in [0.29, 0.717) is 38.2 Å². The number of nitriles is 1. The van der Waals surface area contributed by atoms with Crippen molar-refractivity contribution in [3.63, 3.8) is 0 Å². The molecular weight excluding hydrogens is 296 g/mol. The van der Waals surface area contributed by atoms with Gasteiger partial charge in [0.2, 0.25) is 5.91 Å². The Morgan fingerprint density at radius 1 is 1.52 bits per heavy atom. The van der Waals surface area contributed by atoms with Crippen LogP contribution in [0, 0.1) is 11.3 Å². The van der Waals surface area contributed by atoms with Crippen molar-refractivity contribution < 1.29 is 14.0 Å². The molecule has 2 heterocycles. The molecule has 0 aliphatic carbocycles. The predicted octanol–water partition coefficient (Wildman–Crippen LogP) is 0.905. The van der Waals surface area contributed by atoms with Crippen LogP contribution in [0.3, 0.4) is 0 Å². The summed E-state index contributed by atoms with van der Waals surface area (Å²) in [5.41, 5.74) is 0.00815. The molecule has 0 spiro atoms. The van der Waals surface area contributed by atoms with E-state index in [1.165, 1.54) is 6.20 Å². The van der Waals surface area contributed by atoms with Crippen LogP contribution in [0.4, 0.5) is 0 Å². The monoisotopic (exact) mass is 316 g/mol. The first-order valence-corrected chi connectivity index (χ1v) is 7.62. The second-order valence-electron chi connectivity index (χ2n) is 5.22. The number of rotatable bonds is 8. The van der Waals surface area contributed by atoms with E-state index in [1.807, 2.05) is 6.07 Å². The van der Waals surface area contributed by atoms with Crippen molar-refractivity contribution in [2.45, 2.75) is 25.8 Å². The molecule has 7 heteroatoms. The Hall–Kier alpha value is -2.75. The fourth-order valence-electron chi connectivity index (χ4n) is 2.32.